The largest absolute Gasteiger partial charge is 0.477 e. The van der Waals surface area contributed by atoms with Gasteiger partial charge >= 0.3 is 0 Å². The van der Waals surface area contributed by atoms with Crippen molar-refractivity contribution < 1.29 is 9.94 Å². The number of nitrogens with zero attached hydrogens (tertiary/aromatic N) is 3. The second-order valence-corrected chi connectivity index (χ2v) is 4.22. The van der Waals surface area contributed by atoms with Gasteiger partial charge in [0.15, 0.2) is 0 Å². The van der Waals surface area contributed by atoms with E-state index in [1.165, 1.54) is 6.21 Å². The van der Waals surface area contributed by atoms with Gasteiger partial charge in [0.05, 0.1) is 29.8 Å². The average Bonchev–Trinajstić information content (AvgIpc) is 2.78. The molecule has 2 rings (SSSR count). The second kappa shape index (κ2) is 6.56. The molecule has 0 spiro atoms. The van der Waals surface area contributed by atoms with Crippen LogP contribution in [-0.2, 0) is 0 Å². The normalized spacial score (nSPS) is 10.8. The Kier molecular flexibility index (Phi) is 4.55. The maximum Gasteiger partial charge on any atom is 0.226 e. The smallest absolute Gasteiger partial charge is 0.226 e. The van der Waals surface area contributed by atoms with Gasteiger partial charge in [-0.1, -0.05) is 29.4 Å². The Hall–Kier alpha value is -2.56. The lowest BCUT2D eigenvalue weighted by atomic mass is 10.2. The van der Waals surface area contributed by atoms with Crippen molar-refractivity contribution in [1.82, 2.24) is 9.78 Å². The molecule has 1 aromatic heterocycles. The molecule has 20 heavy (non-hydrogen) atoms. The van der Waals surface area contributed by atoms with Gasteiger partial charge in [0.1, 0.15) is 0 Å². The molecular formula is C15H17N3O2. The van der Waals surface area contributed by atoms with Gasteiger partial charge in [-0.15, -0.1) is 6.58 Å². The number of hydrogen-bond donors (Lipinski definition) is 1. The highest BCUT2D eigenvalue weighted by Crippen LogP contribution is 2.24. The molecule has 0 aliphatic heterocycles. The van der Waals surface area contributed by atoms with Crippen LogP contribution in [0, 0.1) is 6.92 Å². The predicted molar refractivity (Wildman–Crippen MR) is 78.0 cm³/mol. The van der Waals surface area contributed by atoms with Gasteiger partial charge in [0.25, 0.3) is 0 Å². The van der Waals surface area contributed by atoms with Crippen LogP contribution in [0.25, 0.3) is 5.69 Å². The van der Waals surface area contributed by atoms with Crippen LogP contribution < -0.4 is 4.74 Å². The molecule has 0 saturated carbocycles. The number of aryl methyl sites for hydroxylation is 1. The molecule has 2 aromatic rings. The first-order chi connectivity index (χ1) is 9.77. The fraction of sp³-hybridized carbons (Fsp3) is 0.200. The van der Waals surface area contributed by atoms with Crippen molar-refractivity contribution in [2.75, 3.05) is 6.61 Å². The molecule has 0 bridgehead atoms. The van der Waals surface area contributed by atoms with Gasteiger partial charge in [-0.05, 0) is 25.5 Å². The van der Waals surface area contributed by atoms with Crippen LogP contribution >= 0.6 is 0 Å². The van der Waals surface area contributed by atoms with Crippen LogP contribution in [0.1, 0.15) is 17.7 Å². The SMILES string of the molecule is C=CCCOc1c(/C=N/O)c(C)nn1-c1ccccc1. The number of benzene rings is 1. The van der Waals surface area contributed by atoms with Crippen LogP contribution in [0.5, 0.6) is 5.88 Å². The average molecular weight is 271 g/mol. The minimum atomic E-state index is 0.494. The second-order valence-electron chi connectivity index (χ2n) is 4.22. The van der Waals surface area contributed by atoms with Gasteiger partial charge < -0.3 is 9.94 Å². The zero-order chi connectivity index (χ0) is 14.4. The lowest BCUT2D eigenvalue weighted by molar-refractivity contribution is 0.301. The van der Waals surface area contributed by atoms with E-state index in [0.29, 0.717) is 18.1 Å². The van der Waals surface area contributed by atoms with E-state index in [4.69, 9.17) is 9.94 Å². The third-order valence-electron chi connectivity index (χ3n) is 2.81. The van der Waals surface area contributed by atoms with E-state index in [-0.39, 0.29) is 0 Å². The molecule has 0 fully saturated rings. The standard InChI is InChI=1S/C15H17N3O2/c1-3-4-10-20-15-14(11-16-19)12(2)17-18(15)13-8-6-5-7-9-13/h3,5-9,11,19H,1,4,10H2,2H3/b16-11+. The Morgan fingerprint density at radius 1 is 1.40 bits per heavy atom. The highest BCUT2D eigenvalue weighted by molar-refractivity contribution is 5.84. The van der Waals surface area contributed by atoms with E-state index in [0.717, 1.165) is 17.8 Å². The highest BCUT2D eigenvalue weighted by atomic mass is 16.5. The zero-order valence-electron chi connectivity index (χ0n) is 11.4. The summed E-state index contributed by atoms with van der Waals surface area (Å²) < 4.78 is 7.47. The molecular weight excluding hydrogens is 254 g/mol. The van der Waals surface area contributed by atoms with Gasteiger partial charge in [-0.25, -0.2) is 4.68 Å². The predicted octanol–water partition coefficient (Wildman–Crippen LogP) is 2.94. The van der Waals surface area contributed by atoms with E-state index in [1.807, 2.05) is 37.3 Å². The van der Waals surface area contributed by atoms with Crippen molar-refractivity contribution in [3.05, 3.63) is 54.2 Å². The highest BCUT2D eigenvalue weighted by Gasteiger charge is 2.16. The summed E-state index contributed by atoms with van der Waals surface area (Å²) in [5.41, 5.74) is 2.29. The molecule has 1 N–H and O–H groups in total. The van der Waals surface area contributed by atoms with Crippen LogP contribution in [0.3, 0.4) is 0 Å². The first kappa shape index (κ1) is 13.9. The topological polar surface area (TPSA) is 59.6 Å². The summed E-state index contributed by atoms with van der Waals surface area (Å²) in [5.74, 6) is 0.563. The third-order valence-corrected chi connectivity index (χ3v) is 2.81. The van der Waals surface area contributed by atoms with Crippen molar-refractivity contribution in [2.45, 2.75) is 13.3 Å². The molecule has 5 nitrogen and oxygen atoms in total. The molecule has 104 valence electrons. The van der Waals surface area contributed by atoms with Gasteiger partial charge in [0, 0.05) is 0 Å². The Morgan fingerprint density at radius 2 is 2.15 bits per heavy atom. The monoisotopic (exact) mass is 271 g/mol. The van der Waals surface area contributed by atoms with E-state index >= 15 is 0 Å². The van der Waals surface area contributed by atoms with Gasteiger partial charge in [0.2, 0.25) is 5.88 Å². The van der Waals surface area contributed by atoms with E-state index in [9.17, 15) is 0 Å². The van der Waals surface area contributed by atoms with Crippen molar-refractivity contribution >= 4 is 6.21 Å². The third kappa shape index (κ3) is 2.88. The summed E-state index contributed by atoms with van der Waals surface area (Å²) in [7, 11) is 0. The van der Waals surface area contributed by atoms with E-state index in [2.05, 4.69) is 16.8 Å². The van der Waals surface area contributed by atoms with Crippen LogP contribution in [0.15, 0.2) is 48.1 Å². The molecule has 0 saturated heterocycles. The first-order valence-electron chi connectivity index (χ1n) is 6.34. The Bertz CT molecular complexity index is 603. The number of ether oxygens (including phenoxy) is 1. The zero-order valence-corrected chi connectivity index (χ0v) is 11.4. The van der Waals surface area contributed by atoms with Crippen LogP contribution in [-0.4, -0.2) is 27.8 Å². The van der Waals surface area contributed by atoms with Crippen LogP contribution in [0.4, 0.5) is 0 Å². The summed E-state index contributed by atoms with van der Waals surface area (Å²) in [4.78, 5) is 0. The summed E-state index contributed by atoms with van der Waals surface area (Å²) >= 11 is 0. The van der Waals surface area contributed by atoms with Crippen molar-refractivity contribution in [3.8, 4) is 11.6 Å². The Labute approximate surface area is 117 Å². The van der Waals surface area contributed by atoms with Crippen molar-refractivity contribution in [2.24, 2.45) is 5.16 Å². The minimum Gasteiger partial charge on any atom is -0.477 e. The van der Waals surface area contributed by atoms with Crippen molar-refractivity contribution in [3.63, 3.8) is 0 Å². The number of hydrogen-bond acceptors (Lipinski definition) is 4. The van der Waals surface area contributed by atoms with E-state index in [1.54, 1.807) is 10.8 Å². The van der Waals surface area contributed by atoms with E-state index < -0.39 is 0 Å². The quantitative estimate of drug-likeness (QED) is 0.289. The van der Waals surface area contributed by atoms with Crippen molar-refractivity contribution in [1.29, 1.82) is 0 Å². The van der Waals surface area contributed by atoms with Gasteiger partial charge in [-0.3, -0.25) is 0 Å². The number of para-hydroxylation sites is 1. The molecule has 0 aliphatic carbocycles. The summed E-state index contributed by atoms with van der Waals surface area (Å²) in [6.45, 7) is 6.01. The molecule has 0 aliphatic rings. The minimum absolute atomic E-state index is 0.494. The Morgan fingerprint density at radius 3 is 2.80 bits per heavy atom. The number of oxime groups is 1. The summed E-state index contributed by atoms with van der Waals surface area (Å²) in [6.07, 6.45) is 3.86. The molecule has 0 atom stereocenters. The Balaban J connectivity index is 2.45. The number of rotatable bonds is 6. The number of aromatic nitrogens is 2. The fourth-order valence-corrected chi connectivity index (χ4v) is 1.85. The maximum absolute atomic E-state index is 8.78. The van der Waals surface area contributed by atoms with Crippen LogP contribution in [0.2, 0.25) is 0 Å². The summed E-state index contributed by atoms with van der Waals surface area (Å²) in [6, 6.07) is 9.67. The maximum atomic E-state index is 8.78. The molecule has 0 radical (unpaired) electrons. The molecule has 1 aromatic carbocycles. The van der Waals surface area contributed by atoms with Gasteiger partial charge in [-0.2, -0.15) is 5.10 Å². The lowest BCUT2D eigenvalue weighted by Gasteiger charge is -2.09. The fourth-order valence-electron chi connectivity index (χ4n) is 1.85. The molecule has 1 heterocycles. The lowest BCUT2D eigenvalue weighted by Crippen LogP contribution is -2.05. The molecule has 0 unspecified atom stereocenters. The first-order valence-corrected chi connectivity index (χ1v) is 6.34. The molecule has 0 amide bonds. The summed E-state index contributed by atoms with van der Waals surface area (Å²) in [5, 5.41) is 16.3. The molecule has 5 heteroatoms.